The summed E-state index contributed by atoms with van der Waals surface area (Å²) in [6.07, 6.45) is -0.509. The van der Waals surface area contributed by atoms with E-state index in [9.17, 15) is 9.90 Å². The molecule has 0 aliphatic carbocycles. The van der Waals surface area contributed by atoms with Crippen LogP contribution in [-0.4, -0.2) is 48.2 Å². The summed E-state index contributed by atoms with van der Waals surface area (Å²) in [5.74, 6) is -0.101. The van der Waals surface area contributed by atoms with Crippen molar-refractivity contribution in [2.75, 3.05) is 20.1 Å². The zero-order valence-corrected chi connectivity index (χ0v) is 13.0. The number of hydrogen-bond donors (Lipinski definition) is 2. The first kappa shape index (κ1) is 14.0. The van der Waals surface area contributed by atoms with Crippen LogP contribution in [0.3, 0.4) is 0 Å². The highest BCUT2D eigenvalue weighted by molar-refractivity contribution is 9.11. The topological polar surface area (TPSA) is 52.6 Å². The van der Waals surface area contributed by atoms with Crippen LogP contribution in [0, 0.1) is 0 Å². The van der Waals surface area contributed by atoms with Crippen molar-refractivity contribution in [3.05, 3.63) is 32.7 Å². The predicted molar refractivity (Wildman–Crippen MR) is 76.6 cm³/mol. The number of nitrogens with one attached hydrogen (secondary N) is 1. The monoisotopic (exact) mass is 376 g/mol. The van der Waals surface area contributed by atoms with Gasteiger partial charge in [-0.3, -0.25) is 4.79 Å². The normalized spacial score (nSPS) is 23.1. The Morgan fingerprint density at radius 3 is 2.78 bits per heavy atom. The van der Waals surface area contributed by atoms with E-state index in [-0.39, 0.29) is 11.9 Å². The second-order valence-electron chi connectivity index (χ2n) is 4.33. The molecule has 1 heterocycles. The smallest absolute Gasteiger partial charge is 0.255 e. The molecular formula is C12H14Br2N2O2. The van der Waals surface area contributed by atoms with Crippen LogP contribution in [0.2, 0.25) is 0 Å². The largest absolute Gasteiger partial charge is 0.390 e. The number of likely N-dealkylation sites (N-methyl/N-ethyl adjacent to an activating group) is 1. The van der Waals surface area contributed by atoms with Gasteiger partial charge in [0.2, 0.25) is 0 Å². The van der Waals surface area contributed by atoms with Crippen molar-refractivity contribution in [3.8, 4) is 0 Å². The number of aliphatic hydroxyl groups is 1. The van der Waals surface area contributed by atoms with Gasteiger partial charge in [0.05, 0.1) is 17.7 Å². The molecule has 0 unspecified atom stereocenters. The fourth-order valence-corrected chi connectivity index (χ4v) is 2.83. The van der Waals surface area contributed by atoms with Gasteiger partial charge in [0.15, 0.2) is 0 Å². The summed E-state index contributed by atoms with van der Waals surface area (Å²) in [5, 5.41) is 12.9. The maximum absolute atomic E-state index is 12.4. The molecule has 0 aromatic heterocycles. The van der Waals surface area contributed by atoms with E-state index in [1.165, 1.54) is 0 Å². The van der Waals surface area contributed by atoms with Crippen LogP contribution in [-0.2, 0) is 0 Å². The molecular weight excluding hydrogens is 364 g/mol. The second kappa shape index (κ2) is 5.69. The lowest BCUT2D eigenvalue weighted by Gasteiger charge is -2.26. The van der Waals surface area contributed by atoms with Crippen LogP contribution in [0.25, 0.3) is 0 Å². The van der Waals surface area contributed by atoms with Crippen LogP contribution in [0.4, 0.5) is 0 Å². The summed E-state index contributed by atoms with van der Waals surface area (Å²) in [7, 11) is 1.72. The SMILES string of the molecule is CN(C(=O)c1cc(Br)ccc1Br)[C@H]1CNC[C@@H]1O. The average Bonchev–Trinajstić information content (AvgIpc) is 2.77. The van der Waals surface area contributed by atoms with Crippen molar-refractivity contribution < 1.29 is 9.90 Å². The number of benzene rings is 1. The van der Waals surface area contributed by atoms with E-state index in [2.05, 4.69) is 37.2 Å². The number of halogens is 2. The Morgan fingerprint density at radius 1 is 1.44 bits per heavy atom. The third-order valence-electron chi connectivity index (χ3n) is 3.13. The van der Waals surface area contributed by atoms with Crippen molar-refractivity contribution in [1.29, 1.82) is 0 Å². The van der Waals surface area contributed by atoms with Crippen LogP contribution >= 0.6 is 31.9 Å². The highest BCUT2D eigenvalue weighted by Gasteiger charge is 2.32. The lowest BCUT2D eigenvalue weighted by atomic mass is 10.1. The summed E-state index contributed by atoms with van der Waals surface area (Å²) >= 11 is 6.73. The van der Waals surface area contributed by atoms with Gasteiger partial charge < -0.3 is 15.3 Å². The van der Waals surface area contributed by atoms with Gasteiger partial charge >= 0.3 is 0 Å². The minimum atomic E-state index is -0.509. The van der Waals surface area contributed by atoms with Crippen molar-refractivity contribution >= 4 is 37.8 Å². The number of nitrogens with zero attached hydrogens (tertiary/aromatic N) is 1. The lowest BCUT2D eigenvalue weighted by molar-refractivity contribution is 0.0580. The average molecular weight is 378 g/mol. The molecule has 0 spiro atoms. The van der Waals surface area contributed by atoms with Crippen molar-refractivity contribution in [1.82, 2.24) is 10.2 Å². The van der Waals surface area contributed by atoms with Gasteiger partial charge in [0.25, 0.3) is 5.91 Å². The Morgan fingerprint density at radius 2 is 2.17 bits per heavy atom. The first-order chi connectivity index (χ1) is 8.50. The van der Waals surface area contributed by atoms with E-state index in [4.69, 9.17) is 0 Å². The van der Waals surface area contributed by atoms with Crippen LogP contribution < -0.4 is 5.32 Å². The highest BCUT2D eigenvalue weighted by Crippen LogP contribution is 2.23. The van der Waals surface area contributed by atoms with E-state index in [1.807, 2.05) is 12.1 Å². The van der Waals surface area contributed by atoms with Gasteiger partial charge in [0.1, 0.15) is 0 Å². The molecule has 2 N–H and O–H groups in total. The van der Waals surface area contributed by atoms with Crippen LogP contribution in [0.1, 0.15) is 10.4 Å². The molecule has 1 aliphatic heterocycles. The molecule has 18 heavy (non-hydrogen) atoms. The third-order valence-corrected chi connectivity index (χ3v) is 4.31. The summed E-state index contributed by atoms with van der Waals surface area (Å²) in [6, 6.07) is 5.29. The summed E-state index contributed by atoms with van der Waals surface area (Å²) in [4.78, 5) is 14.0. The minimum absolute atomic E-state index is 0.101. The predicted octanol–water partition coefficient (Wildman–Crippen LogP) is 1.62. The molecule has 0 saturated carbocycles. The Bertz CT molecular complexity index is 467. The number of carbonyl (C=O) groups is 1. The Balaban J connectivity index is 2.22. The molecule has 6 heteroatoms. The number of amides is 1. The van der Waals surface area contributed by atoms with E-state index in [0.717, 1.165) is 8.95 Å². The van der Waals surface area contributed by atoms with Gasteiger partial charge in [-0.2, -0.15) is 0 Å². The first-order valence-corrected chi connectivity index (χ1v) is 7.20. The molecule has 98 valence electrons. The van der Waals surface area contributed by atoms with E-state index in [1.54, 1.807) is 18.0 Å². The fraction of sp³-hybridized carbons (Fsp3) is 0.417. The Hall–Kier alpha value is -0.430. The van der Waals surface area contributed by atoms with Crippen LogP contribution in [0.15, 0.2) is 27.1 Å². The van der Waals surface area contributed by atoms with Gasteiger partial charge in [-0.15, -0.1) is 0 Å². The molecule has 1 aromatic rings. The van der Waals surface area contributed by atoms with E-state index >= 15 is 0 Å². The fourth-order valence-electron chi connectivity index (χ4n) is 2.05. The molecule has 1 fully saturated rings. The molecule has 2 rings (SSSR count). The quantitative estimate of drug-likeness (QED) is 0.823. The number of aliphatic hydroxyl groups excluding tert-OH is 1. The van der Waals surface area contributed by atoms with Crippen molar-refractivity contribution in [2.24, 2.45) is 0 Å². The highest BCUT2D eigenvalue weighted by atomic mass is 79.9. The Kier molecular flexibility index (Phi) is 4.42. The molecule has 1 saturated heterocycles. The molecule has 1 aromatic carbocycles. The minimum Gasteiger partial charge on any atom is -0.390 e. The summed E-state index contributed by atoms with van der Waals surface area (Å²) < 4.78 is 1.61. The second-order valence-corrected chi connectivity index (χ2v) is 6.10. The van der Waals surface area contributed by atoms with Crippen molar-refractivity contribution in [2.45, 2.75) is 12.1 Å². The number of rotatable bonds is 2. The zero-order valence-electron chi connectivity index (χ0n) is 9.86. The van der Waals surface area contributed by atoms with E-state index < -0.39 is 6.10 Å². The molecule has 2 atom stereocenters. The zero-order chi connectivity index (χ0) is 13.3. The Labute approximate surface area is 123 Å². The first-order valence-electron chi connectivity index (χ1n) is 5.61. The number of hydrogen-bond acceptors (Lipinski definition) is 3. The summed E-state index contributed by atoms with van der Waals surface area (Å²) in [6.45, 7) is 1.15. The van der Waals surface area contributed by atoms with E-state index in [0.29, 0.717) is 18.7 Å². The lowest BCUT2D eigenvalue weighted by Crippen LogP contribution is -2.44. The number of β-amino-alcohol motifs (C(OH)–C–C–N with tert-alkyl or cyclic N) is 1. The molecule has 1 amide bonds. The molecule has 0 bridgehead atoms. The third kappa shape index (κ3) is 2.77. The molecule has 1 aliphatic rings. The maximum atomic E-state index is 12.4. The van der Waals surface area contributed by atoms with Gasteiger partial charge in [-0.05, 0) is 34.1 Å². The van der Waals surface area contributed by atoms with Gasteiger partial charge in [-0.25, -0.2) is 0 Å². The maximum Gasteiger partial charge on any atom is 0.255 e. The van der Waals surface area contributed by atoms with Gasteiger partial charge in [-0.1, -0.05) is 15.9 Å². The number of carbonyl (C=O) groups excluding carboxylic acids is 1. The summed E-state index contributed by atoms with van der Waals surface area (Å²) in [5.41, 5.74) is 0.589. The standard InChI is InChI=1S/C12H14Br2N2O2/c1-16(10-5-15-6-11(10)17)12(18)8-4-7(13)2-3-9(8)14/h2-4,10-11,15,17H,5-6H2,1H3/t10-,11-/m0/s1. The molecule has 0 radical (unpaired) electrons. The van der Waals surface area contributed by atoms with Crippen molar-refractivity contribution in [3.63, 3.8) is 0 Å². The molecule has 4 nitrogen and oxygen atoms in total. The van der Waals surface area contributed by atoms with Crippen LogP contribution in [0.5, 0.6) is 0 Å². The van der Waals surface area contributed by atoms with Gasteiger partial charge in [0, 0.05) is 29.1 Å².